The molecule has 0 fully saturated rings. The van der Waals surface area contributed by atoms with Gasteiger partial charge >= 0.3 is 0 Å². The molecule has 2 amide bonds. The number of aromatic nitrogens is 2. The number of nitrogens with zero attached hydrogens (tertiary/aromatic N) is 3. The van der Waals surface area contributed by atoms with Crippen LogP contribution in [0.25, 0.3) is 0 Å². The summed E-state index contributed by atoms with van der Waals surface area (Å²) in [6.07, 6.45) is 1.21. The summed E-state index contributed by atoms with van der Waals surface area (Å²) in [5.74, 6) is -0.380. The summed E-state index contributed by atoms with van der Waals surface area (Å²) in [6.45, 7) is 8.46. The average Bonchev–Trinajstić information content (AvgIpc) is 2.69. The Balaban J connectivity index is 2.17. The van der Waals surface area contributed by atoms with E-state index in [1.165, 1.54) is 0 Å². The predicted octanol–water partition coefficient (Wildman–Crippen LogP) is 1.30. The first-order valence-electron chi connectivity index (χ1n) is 8.56. The standard InChI is InChI=1S/C17H28BrN5O2/c1-17(2,3)14(15(25)19-4)21-13(24)9-11-12-10-22(5)7-6-8-23(12)16(18)20-11/h14H,6-10H2,1-5H3,(H,19,25)(H,21,24)/t14-/m1/s1. The van der Waals surface area contributed by atoms with E-state index in [4.69, 9.17) is 0 Å². The first-order valence-corrected chi connectivity index (χ1v) is 9.36. The Morgan fingerprint density at radius 2 is 2.00 bits per heavy atom. The van der Waals surface area contributed by atoms with Crippen LogP contribution in [0.2, 0.25) is 0 Å². The number of amides is 2. The lowest BCUT2D eigenvalue weighted by molar-refractivity contribution is -0.131. The normalized spacial score (nSPS) is 16.7. The molecule has 8 heteroatoms. The van der Waals surface area contributed by atoms with Crippen molar-refractivity contribution >= 4 is 27.7 Å². The largest absolute Gasteiger partial charge is 0.357 e. The molecule has 1 aliphatic heterocycles. The minimum Gasteiger partial charge on any atom is -0.357 e. The van der Waals surface area contributed by atoms with Gasteiger partial charge in [0.2, 0.25) is 11.8 Å². The van der Waals surface area contributed by atoms with Gasteiger partial charge in [0.25, 0.3) is 0 Å². The minimum atomic E-state index is -0.586. The second-order valence-corrected chi connectivity index (χ2v) is 8.38. The molecule has 140 valence electrons. The van der Waals surface area contributed by atoms with Gasteiger partial charge in [0, 0.05) is 20.1 Å². The maximum absolute atomic E-state index is 12.6. The predicted molar refractivity (Wildman–Crippen MR) is 100 cm³/mol. The molecule has 0 aromatic carbocycles. The van der Waals surface area contributed by atoms with Crippen LogP contribution in [-0.2, 0) is 29.1 Å². The zero-order valence-electron chi connectivity index (χ0n) is 15.6. The maximum Gasteiger partial charge on any atom is 0.242 e. The second-order valence-electron chi connectivity index (χ2n) is 7.67. The topological polar surface area (TPSA) is 79.3 Å². The van der Waals surface area contributed by atoms with Gasteiger partial charge in [0.05, 0.1) is 17.8 Å². The molecular formula is C17H28BrN5O2. The van der Waals surface area contributed by atoms with Gasteiger partial charge in [-0.25, -0.2) is 4.98 Å². The number of hydrogen-bond acceptors (Lipinski definition) is 4. The SMILES string of the molecule is CNC(=O)[C@@H](NC(=O)Cc1nc(Br)n2c1CN(C)CCC2)C(C)(C)C. The number of likely N-dealkylation sites (N-methyl/N-ethyl adjacent to an activating group) is 1. The van der Waals surface area contributed by atoms with Crippen LogP contribution in [-0.4, -0.2) is 52.9 Å². The first-order chi connectivity index (χ1) is 11.6. The Bertz CT molecular complexity index is 650. The molecule has 0 aliphatic carbocycles. The fraction of sp³-hybridized carbons (Fsp3) is 0.706. The van der Waals surface area contributed by atoms with Crippen LogP contribution in [0.15, 0.2) is 4.73 Å². The van der Waals surface area contributed by atoms with Crippen molar-refractivity contribution in [1.82, 2.24) is 25.1 Å². The summed E-state index contributed by atoms with van der Waals surface area (Å²) in [6, 6.07) is -0.586. The minimum absolute atomic E-state index is 0.165. The molecular weight excluding hydrogens is 386 g/mol. The highest BCUT2D eigenvalue weighted by molar-refractivity contribution is 9.10. The van der Waals surface area contributed by atoms with Gasteiger partial charge in [-0.05, 0) is 41.4 Å². The molecule has 0 unspecified atom stereocenters. The zero-order valence-corrected chi connectivity index (χ0v) is 17.2. The van der Waals surface area contributed by atoms with Gasteiger partial charge in [0.15, 0.2) is 4.73 Å². The smallest absolute Gasteiger partial charge is 0.242 e. The van der Waals surface area contributed by atoms with Crippen molar-refractivity contribution in [2.45, 2.75) is 52.7 Å². The summed E-state index contributed by atoms with van der Waals surface area (Å²) in [5.41, 5.74) is 1.46. The van der Waals surface area contributed by atoms with E-state index in [1.54, 1.807) is 7.05 Å². The van der Waals surface area contributed by atoms with E-state index in [9.17, 15) is 9.59 Å². The fourth-order valence-electron chi connectivity index (χ4n) is 3.07. The van der Waals surface area contributed by atoms with Gasteiger partial charge in [-0.3, -0.25) is 9.59 Å². The Kier molecular flexibility index (Phi) is 6.26. The Labute approximate surface area is 157 Å². The van der Waals surface area contributed by atoms with Crippen LogP contribution >= 0.6 is 15.9 Å². The highest BCUT2D eigenvalue weighted by Gasteiger charge is 2.32. The van der Waals surface area contributed by atoms with E-state index in [0.29, 0.717) is 0 Å². The van der Waals surface area contributed by atoms with Crippen molar-refractivity contribution in [3.8, 4) is 0 Å². The van der Waals surface area contributed by atoms with Crippen molar-refractivity contribution in [3.05, 3.63) is 16.1 Å². The molecule has 0 bridgehead atoms. The molecule has 2 N–H and O–H groups in total. The third-order valence-corrected chi connectivity index (χ3v) is 5.06. The second kappa shape index (κ2) is 7.86. The van der Waals surface area contributed by atoms with E-state index in [0.717, 1.165) is 42.2 Å². The number of hydrogen-bond donors (Lipinski definition) is 2. The third kappa shape index (κ3) is 4.82. The molecule has 7 nitrogen and oxygen atoms in total. The molecule has 25 heavy (non-hydrogen) atoms. The summed E-state index contributed by atoms with van der Waals surface area (Å²) in [5, 5.41) is 5.49. The van der Waals surface area contributed by atoms with Gasteiger partial charge < -0.3 is 20.1 Å². The zero-order chi connectivity index (χ0) is 18.8. The van der Waals surface area contributed by atoms with Crippen LogP contribution in [0.1, 0.15) is 38.6 Å². The molecule has 2 rings (SSSR count). The van der Waals surface area contributed by atoms with Crippen LogP contribution in [0.5, 0.6) is 0 Å². The summed E-state index contributed by atoms with van der Waals surface area (Å²) in [4.78, 5) is 31.5. The molecule has 1 atom stereocenters. The van der Waals surface area contributed by atoms with Gasteiger partial charge in [-0.15, -0.1) is 0 Å². The molecule has 0 radical (unpaired) electrons. The number of nitrogens with one attached hydrogen (secondary N) is 2. The van der Waals surface area contributed by atoms with Gasteiger partial charge in [-0.1, -0.05) is 20.8 Å². The quantitative estimate of drug-likeness (QED) is 0.779. The molecule has 0 spiro atoms. The van der Waals surface area contributed by atoms with E-state index in [-0.39, 0.29) is 23.7 Å². The number of carbonyl (C=O) groups excluding carboxylic acids is 2. The number of halogens is 1. The Hall–Kier alpha value is -1.41. The molecule has 1 aliphatic rings. The van der Waals surface area contributed by atoms with Crippen molar-refractivity contribution in [3.63, 3.8) is 0 Å². The fourth-order valence-corrected chi connectivity index (χ4v) is 3.67. The summed E-state index contributed by atoms with van der Waals surface area (Å²) >= 11 is 3.50. The molecule has 1 aromatic rings. The van der Waals surface area contributed by atoms with Crippen LogP contribution in [0.4, 0.5) is 0 Å². The highest BCUT2D eigenvalue weighted by Crippen LogP contribution is 2.23. The molecule has 1 aromatic heterocycles. The van der Waals surface area contributed by atoms with Crippen molar-refractivity contribution < 1.29 is 9.59 Å². The van der Waals surface area contributed by atoms with Crippen molar-refractivity contribution in [2.75, 3.05) is 20.6 Å². The van der Waals surface area contributed by atoms with Crippen molar-refractivity contribution in [2.24, 2.45) is 5.41 Å². The van der Waals surface area contributed by atoms with Crippen LogP contribution < -0.4 is 10.6 Å². The third-order valence-electron chi connectivity index (χ3n) is 4.46. The van der Waals surface area contributed by atoms with Crippen LogP contribution in [0.3, 0.4) is 0 Å². The number of carbonyl (C=O) groups is 2. The van der Waals surface area contributed by atoms with Gasteiger partial charge in [0.1, 0.15) is 6.04 Å². The first kappa shape index (κ1) is 19.9. The maximum atomic E-state index is 12.6. The summed E-state index contributed by atoms with van der Waals surface area (Å²) in [7, 11) is 3.65. The summed E-state index contributed by atoms with van der Waals surface area (Å²) < 4.78 is 2.89. The van der Waals surface area contributed by atoms with Gasteiger partial charge in [-0.2, -0.15) is 0 Å². The lowest BCUT2D eigenvalue weighted by Gasteiger charge is -2.29. The van der Waals surface area contributed by atoms with E-state index >= 15 is 0 Å². The molecule has 2 heterocycles. The van der Waals surface area contributed by atoms with Crippen molar-refractivity contribution in [1.29, 1.82) is 0 Å². The van der Waals surface area contributed by atoms with E-state index in [1.807, 2.05) is 20.8 Å². The number of rotatable bonds is 4. The average molecular weight is 414 g/mol. The molecule has 0 saturated carbocycles. The van der Waals surface area contributed by atoms with Crippen LogP contribution in [0, 0.1) is 5.41 Å². The lowest BCUT2D eigenvalue weighted by atomic mass is 9.86. The monoisotopic (exact) mass is 413 g/mol. The Morgan fingerprint density at radius 1 is 1.32 bits per heavy atom. The number of fused-ring (bicyclic) bond motifs is 1. The molecule has 0 saturated heterocycles. The lowest BCUT2D eigenvalue weighted by Crippen LogP contribution is -2.53. The van der Waals surface area contributed by atoms with E-state index in [2.05, 4.69) is 48.1 Å². The Morgan fingerprint density at radius 3 is 2.60 bits per heavy atom. The number of imidazole rings is 1. The highest BCUT2D eigenvalue weighted by atomic mass is 79.9. The van der Waals surface area contributed by atoms with E-state index < -0.39 is 6.04 Å².